The van der Waals surface area contributed by atoms with Crippen LogP contribution in [0.4, 0.5) is 0 Å². The van der Waals surface area contributed by atoms with E-state index in [-0.39, 0.29) is 5.60 Å². The zero-order valence-electron chi connectivity index (χ0n) is 8.84. The van der Waals surface area contributed by atoms with Crippen LogP contribution in [0.2, 0.25) is 0 Å². The number of thioether (sulfide) groups is 1. The molecule has 0 bridgehead atoms. The molecule has 2 nitrogen and oxygen atoms in total. The summed E-state index contributed by atoms with van der Waals surface area (Å²) < 4.78 is 6.05. The highest BCUT2D eigenvalue weighted by molar-refractivity contribution is 7.99. The first-order valence-electron chi connectivity index (χ1n) is 5.76. The molecule has 0 aliphatic carbocycles. The van der Waals surface area contributed by atoms with Crippen LogP contribution < -0.4 is 5.73 Å². The Labute approximate surface area is 91.0 Å². The van der Waals surface area contributed by atoms with E-state index in [9.17, 15) is 0 Å². The molecule has 0 aromatic rings. The van der Waals surface area contributed by atoms with E-state index in [2.05, 4.69) is 11.8 Å². The van der Waals surface area contributed by atoms with Crippen molar-refractivity contribution in [1.82, 2.24) is 0 Å². The molecule has 0 saturated carbocycles. The van der Waals surface area contributed by atoms with Crippen molar-refractivity contribution in [2.24, 2.45) is 11.7 Å². The molecule has 2 unspecified atom stereocenters. The zero-order chi connectivity index (χ0) is 9.86. The van der Waals surface area contributed by atoms with Crippen LogP contribution in [-0.4, -0.2) is 30.3 Å². The summed E-state index contributed by atoms with van der Waals surface area (Å²) in [5.41, 5.74) is 5.99. The lowest BCUT2D eigenvalue weighted by Crippen LogP contribution is -2.41. The number of hydrogen-bond donors (Lipinski definition) is 1. The third kappa shape index (κ3) is 2.44. The van der Waals surface area contributed by atoms with E-state index >= 15 is 0 Å². The fraction of sp³-hybridized carbons (Fsp3) is 1.00. The highest BCUT2D eigenvalue weighted by Gasteiger charge is 2.37. The summed E-state index contributed by atoms with van der Waals surface area (Å²) in [4.78, 5) is 0. The molecule has 0 radical (unpaired) electrons. The van der Waals surface area contributed by atoms with E-state index in [1.807, 2.05) is 0 Å². The van der Waals surface area contributed by atoms with Gasteiger partial charge in [0.05, 0.1) is 5.60 Å². The van der Waals surface area contributed by atoms with Crippen molar-refractivity contribution in [2.75, 3.05) is 24.7 Å². The van der Waals surface area contributed by atoms with Gasteiger partial charge in [-0.3, -0.25) is 0 Å². The van der Waals surface area contributed by atoms with Gasteiger partial charge in [-0.1, -0.05) is 0 Å². The van der Waals surface area contributed by atoms with Crippen molar-refractivity contribution in [3.8, 4) is 0 Å². The second kappa shape index (κ2) is 4.86. The first kappa shape index (κ1) is 10.8. The topological polar surface area (TPSA) is 35.2 Å². The third-order valence-electron chi connectivity index (χ3n) is 3.55. The standard InChI is InChI=1S/C11H21NOS/c12-9-10-2-5-13-11(8-10)3-1-6-14-7-4-11/h10H,1-9,12H2. The maximum absolute atomic E-state index is 6.05. The molecule has 3 heteroatoms. The van der Waals surface area contributed by atoms with Gasteiger partial charge >= 0.3 is 0 Å². The van der Waals surface area contributed by atoms with Gasteiger partial charge in [0.2, 0.25) is 0 Å². The molecule has 2 rings (SSSR count). The Bertz CT molecular complexity index is 178. The maximum atomic E-state index is 6.05. The van der Waals surface area contributed by atoms with Gasteiger partial charge in [-0.05, 0) is 56.1 Å². The Kier molecular flexibility index (Phi) is 3.74. The van der Waals surface area contributed by atoms with Gasteiger partial charge in [-0.25, -0.2) is 0 Å². The van der Waals surface area contributed by atoms with Crippen molar-refractivity contribution in [2.45, 2.75) is 37.7 Å². The lowest BCUT2D eigenvalue weighted by atomic mass is 9.81. The minimum absolute atomic E-state index is 0.214. The van der Waals surface area contributed by atoms with Gasteiger partial charge in [0, 0.05) is 6.61 Å². The van der Waals surface area contributed by atoms with Crippen molar-refractivity contribution >= 4 is 11.8 Å². The normalized spacial score (nSPS) is 39.6. The quantitative estimate of drug-likeness (QED) is 0.727. The van der Waals surface area contributed by atoms with E-state index < -0.39 is 0 Å². The number of rotatable bonds is 1. The molecule has 2 aliphatic rings. The molecule has 2 saturated heterocycles. The van der Waals surface area contributed by atoms with Gasteiger partial charge in [0.15, 0.2) is 0 Å². The predicted octanol–water partition coefficient (Wildman–Crippen LogP) is 2.03. The fourth-order valence-corrected chi connectivity index (χ4v) is 3.73. The van der Waals surface area contributed by atoms with Gasteiger partial charge in [-0.2, -0.15) is 11.8 Å². The smallest absolute Gasteiger partial charge is 0.0693 e. The minimum atomic E-state index is 0.214. The Morgan fingerprint density at radius 3 is 3.14 bits per heavy atom. The molecule has 2 heterocycles. The first-order chi connectivity index (χ1) is 6.85. The van der Waals surface area contributed by atoms with Gasteiger partial charge in [-0.15, -0.1) is 0 Å². The maximum Gasteiger partial charge on any atom is 0.0693 e. The highest BCUT2D eigenvalue weighted by Crippen LogP contribution is 2.38. The second-order valence-corrected chi connectivity index (χ2v) is 5.82. The SMILES string of the molecule is NCC1CCOC2(CCCSCC2)C1. The molecule has 1 spiro atoms. The Morgan fingerprint density at radius 2 is 2.29 bits per heavy atom. The predicted molar refractivity (Wildman–Crippen MR) is 61.6 cm³/mol. The van der Waals surface area contributed by atoms with Crippen LogP contribution in [0.25, 0.3) is 0 Å². The van der Waals surface area contributed by atoms with E-state index in [1.165, 1.54) is 43.6 Å². The number of nitrogens with two attached hydrogens (primary N) is 1. The highest BCUT2D eigenvalue weighted by atomic mass is 32.2. The van der Waals surface area contributed by atoms with Crippen LogP contribution in [0.1, 0.15) is 32.1 Å². The Morgan fingerprint density at radius 1 is 1.36 bits per heavy atom. The summed E-state index contributed by atoms with van der Waals surface area (Å²) in [7, 11) is 0. The summed E-state index contributed by atoms with van der Waals surface area (Å²) >= 11 is 2.08. The zero-order valence-corrected chi connectivity index (χ0v) is 9.65. The summed E-state index contributed by atoms with van der Waals surface area (Å²) in [5.74, 6) is 3.31. The summed E-state index contributed by atoms with van der Waals surface area (Å²) in [6, 6.07) is 0. The van der Waals surface area contributed by atoms with Crippen LogP contribution in [0.3, 0.4) is 0 Å². The third-order valence-corrected chi connectivity index (χ3v) is 4.62. The average Bonchev–Trinajstić information content (AvgIpc) is 2.44. The van der Waals surface area contributed by atoms with Crippen molar-refractivity contribution in [3.63, 3.8) is 0 Å². The van der Waals surface area contributed by atoms with Crippen LogP contribution in [0.5, 0.6) is 0 Å². The molecule has 14 heavy (non-hydrogen) atoms. The lowest BCUT2D eigenvalue weighted by Gasteiger charge is -2.40. The van der Waals surface area contributed by atoms with E-state index in [0.717, 1.165) is 13.2 Å². The van der Waals surface area contributed by atoms with Crippen molar-refractivity contribution in [1.29, 1.82) is 0 Å². The molecular weight excluding hydrogens is 194 g/mol. The minimum Gasteiger partial charge on any atom is -0.375 e. The summed E-state index contributed by atoms with van der Waals surface area (Å²) in [6.45, 7) is 1.78. The Balaban J connectivity index is 1.97. The number of ether oxygens (including phenoxy) is 1. The Hall–Kier alpha value is 0.270. The average molecular weight is 215 g/mol. The molecule has 2 aliphatic heterocycles. The van der Waals surface area contributed by atoms with Crippen molar-refractivity contribution < 1.29 is 4.74 Å². The lowest BCUT2D eigenvalue weighted by molar-refractivity contribution is -0.102. The second-order valence-electron chi connectivity index (χ2n) is 4.59. The molecule has 82 valence electrons. The summed E-state index contributed by atoms with van der Waals surface area (Å²) in [6.07, 6.45) is 6.21. The van der Waals surface area contributed by atoms with E-state index in [1.54, 1.807) is 0 Å². The van der Waals surface area contributed by atoms with Crippen LogP contribution in [-0.2, 0) is 4.74 Å². The number of hydrogen-bond acceptors (Lipinski definition) is 3. The van der Waals surface area contributed by atoms with E-state index in [4.69, 9.17) is 10.5 Å². The van der Waals surface area contributed by atoms with Gasteiger partial charge < -0.3 is 10.5 Å². The van der Waals surface area contributed by atoms with Crippen LogP contribution >= 0.6 is 11.8 Å². The largest absolute Gasteiger partial charge is 0.375 e. The first-order valence-corrected chi connectivity index (χ1v) is 6.92. The molecular formula is C11H21NOS. The fourth-order valence-electron chi connectivity index (χ4n) is 2.66. The van der Waals surface area contributed by atoms with Crippen molar-refractivity contribution in [3.05, 3.63) is 0 Å². The summed E-state index contributed by atoms with van der Waals surface area (Å²) in [5, 5.41) is 0. The van der Waals surface area contributed by atoms with E-state index in [0.29, 0.717) is 5.92 Å². The van der Waals surface area contributed by atoms with Gasteiger partial charge in [0.1, 0.15) is 0 Å². The molecule has 2 fully saturated rings. The van der Waals surface area contributed by atoms with Gasteiger partial charge in [0.25, 0.3) is 0 Å². The molecule has 0 amide bonds. The molecule has 0 aromatic carbocycles. The van der Waals surface area contributed by atoms with Crippen LogP contribution in [0.15, 0.2) is 0 Å². The molecule has 2 N–H and O–H groups in total. The molecule has 2 atom stereocenters. The monoisotopic (exact) mass is 215 g/mol. The van der Waals surface area contributed by atoms with Crippen LogP contribution in [0, 0.1) is 5.92 Å². The molecule has 0 aromatic heterocycles.